The smallest absolute Gasteiger partial charge is 0.397 e. The van der Waals surface area contributed by atoms with Crippen LogP contribution in [0.4, 0.5) is 18.9 Å². The number of carbonyl (C=O) groups excluding carboxylic acids is 1. The Balaban J connectivity index is 3.07. The molecule has 1 rings (SSSR count). The molecule has 0 fully saturated rings. The highest BCUT2D eigenvalue weighted by Crippen LogP contribution is 2.24. The molecule has 0 unspecified atom stereocenters. The Bertz CT molecular complexity index is 500. The van der Waals surface area contributed by atoms with E-state index >= 15 is 0 Å². The third kappa shape index (κ3) is 3.87. The maximum absolute atomic E-state index is 12.2. The Labute approximate surface area is 107 Å². The molecule has 1 amide bonds. The molecule has 0 aliphatic rings. The second-order valence-corrected chi connectivity index (χ2v) is 3.75. The van der Waals surface area contributed by atoms with Crippen molar-refractivity contribution in [2.45, 2.75) is 12.6 Å². The highest BCUT2D eigenvalue weighted by atomic mass is 19.4. The molecule has 0 aliphatic heterocycles. The van der Waals surface area contributed by atoms with Crippen molar-refractivity contribution >= 4 is 17.4 Å². The van der Waals surface area contributed by atoms with Gasteiger partial charge >= 0.3 is 6.18 Å². The lowest BCUT2D eigenvalue weighted by atomic mass is 10.1. The van der Waals surface area contributed by atoms with E-state index in [0.717, 1.165) is 4.90 Å². The minimum atomic E-state index is -4.59. The zero-order valence-electron chi connectivity index (χ0n) is 9.98. The van der Waals surface area contributed by atoms with Gasteiger partial charge < -0.3 is 15.8 Å². The predicted molar refractivity (Wildman–Crippen MR) is 63.0 cm³/mol. The van der Waals surface area contributed by atoms with Crippen LogP contribution in [0.15, 0.2) is 29.4 Å². The second kappa shape index (κ2) is 5.59. The highest BCUT2D eigenvalue weighted by molar-refractivity contribution is 6.06. The van der Waals surface area contributed by atoms with Crippen LogP contribution in [-0.4, -0.2) is 30.2 Å². The SMILES string of the molecule is CN(C(=O)CC(F)(F)F)c1ccccc1C(N)=NO. The molecule has 5 nitrogen and oxygen atoms in total. The van der Waals surface area contributed by atoms with Crippen molar-refractivity contribution in [2.24, 2.45) is 10.9 Å². The van der Waals surface area contributed by atoms with Crippen LogP contribution in [0.25, 0.3) is 0 Å². The van der Waals surface area contributed by atoms with Crippen LogP contribution >= 0.6 is 0 Å². The van der Waals surface area contributed by atoms with E-state index < -0.39 is 18.5 Å². The number of carbonyl (C=O) groups is 1. The zero-order chi connectivity index (χ0) is 14.6. The van der Waals surface area contributed by atoms with Gasteiger partial charge in [0.1, 0.15) is 6.42 Å². The van der Waals surface area contributed by atoms with Crippen molar-refractivity contribution in [2.75, 3.05) is 11.9 Å². The fraction of sp³-hybridized carbons (Fsp3) is 0.273. The number of para-hydroxylation sites is 1. The van der Waals surface area contributed by atoms with Gasteiger partial charge in [-0.15, -0.1) is 0 Å². The van der Waals surface area contributed by atoms with E-state index in [1.54, 1.807) is 6.07 Å². The molecule has 0 saturated heterocycles. The maximum atomic E-state index is 12.2. The van der Waals surface area contributed by atoms with Crippen molar-refractivity contribution in [1.82, 2.24) is 0 Å². The summed E-state index contributed by atoms with van der Waals surface area (Å²) in [5, 5.41) is 11.4. The van der Waals surface area contributed by atoms with Gasteiger partial charge in [-0.2, -0.15) is 13.2 Å². The highest BCUT2D eigenvalue weighted by Gasteiger charge is 2.33. The third-order valence-corrected chi connectivity index (χ3v) is 2.37. The van der Waals surface area contributed by atoms with Gasteiger partial charge in [-0.3, -0.25) is 4.79 Å². The van der Waals surface area contributed by atoms with E-state index in [1.807, 2.05) is 0 Å². The van der Waals surface area contributed by atoms with Gasteiger partial charge in [0.2, 0.25) is 5.91 Å². The number of hydrogen-bond acceptors (Lipinski definition) is 3. The first-order valence-corrected chi connectivity index (χ1v) is 5.16. The first-order valence-electron chi connectivity index (χ1n) is 5.16. The fourth-order valence-electron chi connectivity index (χ4n) is 1.46. The average molecular weight is 275 g/mol. The van der Waals surface area contributed by atoms with Crippen molar-refractivity contribution in [1.29, 1.82) is 0 Å². The molecule has 0 spiro atoms. The van der Waals surface area contributed by atoms with E-state index in [2.05, 4.69) is 5.16 Å². The average Bonchev–Trinajstić information content (AvgIpc) is 2.35. The first kappa shape index (κ1) is 14.8. The molecule has 0 bridgehead atoms. The van der Waals surface area contributed by atoms with Crippen LogP contribution in [0.3, 0.4) is 0 Å². The molecule has 0 radical (unpaired) electrons. The zero-order valence-corrected chi connectivity index (χ0v) is 9.98. The summed E-state index contributed by atoms with van der Waals surface area (Å²) in [6.45, 7) is 0. The molecule has 0 heterocycles. The number of amidine groups is 1. The van der Waals surface area contributed by atoms with Crippen LogP contribution in [0.1, 0.15) is 12.0 Å². The molecule has 104 valence electrons. The molecule has 0 aliphatic carbocycles. The van der Waals surface area contributed by atoms with E-state index in [-0.39, 0.29) is 17.1 Å². The van der Waals surface area contributed by atoms with Gasteiger partial charge in [0.15, 0.2) is 5.84 Å². The number of nitrogens with two attached hydrogens (primary N) is 1. The molecule has 0 aromatic heterocycles. The number of nitrogens with zero attached hydrogens (tertiary/aromatic N) is 2. The Hall–Kier alpha value is -2.25. The Kier molecular flexibility index (Phi) is 4.36. The van der Waals surface area contributed by atoms with Crippen molar-refractivity contribution in [3.8, 4) is 0 Å². The fourth-order valence-corrected chi connectivity index (χ4v) is 1.46. The van der Waals surface area contributed by atoms with Crippen LogP contribution in [-0.2, 0) is 4.79 Å². The number of alkyl halides is 3. The molecule has 0 saturated carbocycles. The summed E-state index contributed by atoms with van der Waals surface area (Å²) >= 11 is 0. The summed E-state index contributed by atoms with van der Waals surface area (Å²) in [5.74, 6) is -1.42. The Morgan fingerprint density at radius 2 is 2.00 bits per heavy atom. The summed E-state index contributed by atoms with van der Waals surface area (Å²) < 4.78 is 36.5. The molecule has 1 aromatic carbocycles. The lowest BCUT2D eigenvalue weighted by Crippen LogP contribution is -2.32. The van der Waals surface area contributed by atoms with Gasteiger partial charge in [0, 0.05) is 12.6 Å². The lowest BCUT2D eigenvalue weighted by Gasteiger charge is -2.20. The second-order valence-electron chi connectivity index (χ2n) is 3.75. The van der Waals surface area contributed by atoms with E-state index in [4.69, 9.17) is 10.9 Å². The van der Waals surface area contributed by atoms with Crippen molar-refractivity contribution < 1.29 is 23.2 Å². The Morgan fingerprint density at radius 3 is 2.53 bits per heavy atom. The molecular weight excluding hydrogens is 263 g/mol. The number of amides is 1. The number of anilines is 1. The van der Waals surface area contributed by atoms with E-state index in [1.165, 1.54) is 25.2 Å². The van der Waals surface area contributed by atoms with E-state index in [0.29, 0.717) is 0 Å². The summed E-state index contributed by atoms with van der Waals surface area (Å²) in [6, 6.07) is 5.92. The third-order valence-electron chi connectivity index (χ3n) is 2.37. The number of rotatable bonds is 3. The molecule has 3 N–H and O–H groups in total. The van der Waals surface area contributed by atoms with Crippen LogP contribution in [0.5, 0.6) is 0 Å². The standard InChI is InChI=1S/C11H12F3N3O2/c1-17(9(18)6-11(12,13)14)8-5-3-2-4-7(8)10(15)16-19/h2-5,19H,6H2,1H3,(H2,15,16). The monoisotopic (exact) mass is 275 g/mol. The van der Waals surface area contributed by atoms with Gasteiger partial charge in [-0.25, -0.2) is 0 Å². The Morgan fingerprint density at radius 1 is 1.42 bits per heavy atom. The van der Waals surface area contributed by atoms with Gasteiger partial charge in [-0.05, 0) is 12.1 Å². The van der Waals surface area contributed by atoms with Gasteiger partial charge in [0.25, 0.3) is 0 Å². The molecule has 8 heteroatoms. The van der Waals surface area contributed by atoms with Crippen LogP contribution in [0, 0.1) is 0 Å². The van der Waals surface area contributed by atoms with Crippen LogP contribution < -0.4 is 10.6 Å². The minimum Gasteiger partial charge on any atom is -0.409 e. The quantitative estimate of drug-likeness (QED) is 0.381. The minimum absolute atomic E-state index is 0.132. The van der Waals surface area contributed by atoms with Crippen LogP contribution in [0.2, 0.25) is 0 Å². The largest absolute Gasteiger partial charge is 0.409 e. The van der Waals surface area contributed by atoms with E-state index in [9.17, 15) is 18.0 Å². The maximum Gasteiger partial charge on any atom is 0.397 e. The van der Waals surface area contributed by atoms with Crippen molar-refractivity contribution in [3.05, 3.63) is 29.8 Å². The lowest BCUT2D eigenvalue weighted by molar-refractivity contribution is -0.151. The van der Waals surface area contributed by atoms with Crippen molar-refractivity contribution in [3.63, 3.8) is 0 Å². The van der Waals surface area contributed by atoms with Gasteiger partial charge in [-0.1, -0.05) is 17.3 Å². The predicted octanol–water partition coefficient (Wildman–Crippen LogP) is 1.70. The molecule has 1 aromatic rings. The number of halogens is 3. The number of hydrogen-bond donors (Lipinski definition) is 2. The molecule has 0 atom stereocenters. The summed E-state index contributed by atoms with van der Waals surface area (Å²) in [5.41, 5.74) is 5.70. The first-order chi connectivity index (χ1) is 8.76. The number of oxime groups is 1. The number of benzene rings is 1. The summed E-state index contributed by atoms with van der Waals surface area (Å²) in [7, 11) is 1.19. The normalized spacial score (nSPS) is 12.3. The molecular formula is C11H12F3N3O2. The topological polar surface area (TPSA) is 78.9 Å². The van der Waals surface area contributed by atoms with Gasteiger partial charge in [0.05, 0.1) is 5.69 Å². The molecule has 19 heavy (non-hydrogen) atoms. The summed E-state index contributed by atoms with van der Waals surface area (Å²) in [4.78, 5) is 12.3. The summed E-state index contributed by atoms with van der Waals surface area (Å²) in [6.07, 6.45) is -6.16.